The predicted octanol–water partition coefficient (Wildman–Crippen LogP) is 6.88. The van der Waals surface area contributed by atoms with Gasteiger partial charge in [0.05, 0.1) is 29.5 Å². The van der Waals surface area contributed by atoms with Crippen LogP contribution in [0.1, 0.15) is 59.4 Å². The standard InChI is InChI=1S/C32H47N5/c1-20(2)31(25(9)29-19-24(8)37(35-29)28-16-14-23(7)15-17-28)34-26(10)30-13-12-18-36(30)27(11)32(21(3)4)33-22(5)6/h14-17,20-21,30-34H,5,8-13,18-19H2,1-4,6-7H3. The lowest BCUT2D eigenvalue weighted by Gasteiger charge is -2.38. The fourth-order valence-corrected chi connectivity index (χ4v) is 5.28. The van der Waals surface area contributed by atoms with Crippen molar-refractivity contribution in [3.05, 3.63) is 91.1 Å². The second-order valence-corrected chi connectivity index (χ2v) is 11.3. The number of anilines is 1. The van der Waals surface area contributed by atoms with E-state index in [1.807, 2.05) is 11.9 Å². The van der Waals surface area contributed by atoms with Crippen molar-refractivity contribution in [2.24, 2.45) is 16.9 Å². The van der Waals surface area contributed by atoms with Gasteiger partial charge in [-0.25, -0.2) is 5.01 Å². The maximum absolute atomic E-state index is 4.93. The number of nitrogens with zero attached hydrogens (tertiary/aromatic N) is 3. The molecule has 200 valence electrons. The van der Waals surface area contributed by atoms with Gasteiger partial charge in [-0.05, 0) is 56.2 Å². The number of benzene rings is 1. The Balaban J connectivity index is 1.75. The van der Waals surface area contributed by atoms with Crippen molar-refractivity contribution in [2.75, 3.05) is 11.6 Å². The molecule has 0 amide bonds. The number of aryl methyl sites for hydroxylation is 1. The summed E-state index contributed by atoms with van der Waals surface area (Å²) in [5, 5.41) is 14.2. The molecule has 3 atom stereocenters. The summed E-state index contributed by atoms with van der Waals surface area (Å²) in [5.74, 6) is 0.722. The average Bonchev–Trinajstić information content (AvgIpc) is 3.47. The molecule has 3 rings (SSSR count). The summed E-state index contributed by atoms with van der Waals surface area (Å²) in [6.45, 7) is 35.8. The van der Waals surface area contributed by atoms with E-state index in [-0.39, 0.29) is 18.1 Å². The molecule has 1 aromatic rings. The Hall–Kier alpha value is -3.21. The van der Waals surface area contributed by atoms with Crippen molar-refractivity contribution in [2.45, 2.75) is 78.9 Å². The van der Waals surface area contributed by atoms with Gasteiger partial charge in [-0.3, -0.25) is 0 Å². The number of hydrogen-bond acceptors (Lipinski definition) is 5. The van der Waals surface area contributed by atoms with E-state index >= 15 is 0 Å². The van der Waals surface area contributed by atoms with Gasteiger partial charge in [0.15, 0.2) is 0 Å². The van der Waals surface area contributed by atoms with E-state index in [1.165, 1.54) is 5.56 Å². The second kappa shape index (κ2) is 11.9. The van der Waals surface area contributed by atoms with Crippen LogP contribution in [-0.4, -0.2) is 35.3 Å². The van der Waals surface area contributed by atoms with Gasteiger partial charge in [-0.2, -0.15) is 5.10 Å². The van der Waals surface area contributed by atoms with Crippen LogP contribution in [0.4, 0.5) is 5.69 Å². The fraction of sp³-hybridized carbons (Fsp3) is 0.469. The Labute approximate surface area is 225 Å². The molecule has 0 aliphatic carbocycles. The van der Waals surface area contributed by atoms with Crippen LogP contribution in [0, 0.1) is 18.8 Å². The Morgan fingerprint density at radius 2 is 1.59 bits per heavy atom. The topological polar surface area (TPSA) is 42.9 Å². The number of rotatable bonds is 12. The molecular formula is C32H47N5. The largest absolute Gasteiger partial charge is 0.381 e. The zero-order chi connectivity index (χ0) is 27.4. The summed E-state index contributed by atoms with van der Waals surface area (Å²) in [6, 6.07) is 8.75. The first-order chi connectivity index (χ1) is 17.4. The SMILES string of the molecule is C=C(C)NC(C(=C)N1CCCC1C(=C)NC(C(=C)C1=NN(c2ccc(C)cc2)C(=C)C1)C(C)C)C(C)C. The maximum Gasteiger partial charge on any atom is 0.0719 e. The third kappa shape index (κ3) is 6.57. The van der Waals surface area contributed by atoms with Gasteiger partial charge in [0.2, 0.25) is 0 Å². The molecule has 1 fully saturated rings. The normalized spacial score (nSPS) is 19.2. The van der Waals surface area contributed by atoms with Crippen LogP contribution in [-0.2, 0) is 0 Å². The van der Waals surface area contributed by atoms with Crippen LogP contribution in [0.2, 0.25) is 0 Å². The number of nitrogens with one attached hydrogen (secondary N) is 2. The zero-order valence-corrected chi connectivity index (χ0v) is 23.9. The molecule has 1 aromatic carbocycles. The van der Waals surface area contributed by atoms with E-state index < -0.39 is 0 Å². The molecule has 0 aromatic heterocycles. The van der Waals surface area contributed by atoms with Crippen LogP contribution < -0.4 is 15.6 Å². The quantitative estimate of drug-likeness (QED) is 0.327. The van der Waals surface area contributed by atoms with Crippen LogP contribution >= 0.6 is 0 Å². The average molecular weight is 502 g/mol. The molecule has 2 heterocycles. The van der Waals surface area contributed by atoms with Crippen LogP contribution in [0.15, 0.2) is 90.6 Å². The Kier molecular flexibility index (Phi) is 9.12. The molecule has 37 heavy (non-hydrogen) atoms. The third-order valence-corrected chi connectivity index (χ3v) is 7.38. The van der Waals surface area contributed by atoms with Crippen molar-refractivity contribution >= 4 is 11.4 Å². The van der Waals surface area contributed by atoms with Crippen molar-refractivity contribution in [3.63, 3.8) is 0 Å². The Morgan fingerprint density at radius 1 is 0.973 bits per heavy atom. The van der Waals surface area contributed by atoms with E-state index in [2.05, 4.69) is 107 Å². The van der Waals surface area contributed by atoms with Gasteiger partial charge in [0, 0.05) is 35.8 Å². The highest BCUT2D eigenvalue weighted by Crippen LogP contribution is 2.32. The van der Waals surface area contributed by atoms with Gasteiger partial charge < -0.3 is 15.5 Å². The molecule has 0 bridgehead atoms. The van der Waals surface area contributed by atoms with Crippen LogP contribution in [0.3, 0.4) is 0 Å². The van der Waals surface area contributed by atoms with Gasteiger partial charge in [-0.15, -0.1) is 0 Å². The summed E-state index contributed by atoms with van der Waals surface area (Å²) in [6.07, 6.45) is 2.87. The highest BCUT2D eigenvalue weighted by molar-refractivity contribution is 6.05. The summed E-state index contributed by atoms with van der Waals surface area (Å²) < 4.78 is 0. The summed E-state index contributed by atoms with van der Waals surface area (Å²) in [5.41, 5.74) is 8.27. The third-order valence-electron chi connectivity index (χ3n) is 7.38. The first-order valence-corrected chi connectivity index (χ1v) is 13.5. The molecule has 0 radical (unpaired) electrons. The molecule has 3 unspecified atom stereocenters. The molecule has 1 saturated heterocycles. The van der Waals surface area contributed by atoms with Crippen LogP contribution in [0.25, 0.3) is 0 Å². The molecule has 2 aliphatic rings. The number of hydrogen-bond donors (Lipinski definition) is 2. The number of hydrazone groups is 1. The van der Waals surface area contributed by atoms with Gasteiger partial charge in [0.25, 0.3) is 0 Å². The first kappa shape index (κ1) is 28.4. The minimum absolute atomic E-state index is 0.0298. The molecule has 0 spiro atoms. The lowest BCUT2D eigenvalue weighted by molar-refractivity contribution is 0.286. The van der Waals surface area contributed by atoms with E-state index in [0.29, 0.717) is 18.3 Å². The van der Waals surface area contributed by atoms with E-state index in [0.717, 1.165) is 59.1 Å². The maximum atomic E-state index is 4.93. The van der Waals surface area contributed by atoms with E-state index in [1.54, 1.807) is 0 Å². The minimum atomic E-state index is 0.0298. The van der Waals surface area contributed by atoms with Crippen molar-refractivity contribution in [1.29, 1.82) is 0 Å². The van der Waals surface area contributed by atoms with Gasteiger partial charge in [0.1, 0.15) is 0 Å². The first-order valence-electron chi connectivity index (χ1n) is 13.5. The molecule has 2 aliphatic heterocycles. The number of likely N-dealkylation sites (tertiary alicyclic amines) is 1. The molecule has 5 nitrogen and oxygen atoms in total. The van der Waals surface area contributed by atoms with Gasteiger partial charge >= 0.3 is 0 Å². The Bertz CT molecular complexity index is 1070. The number of allylic oxidation sites excluding steroid dienone is 2. The lowest BCUT2D eigenvalue weighted by Crippen LogP contribution is -2.46. The molecule has 2 N–H and O–H groups in total. The molecular weight excluding hydrogens is 454 g/mol. The summed E-state index contributed by atoms with van der Waals surface area (Å²) in [4.78, 5) is 2.42. The molecule has 0 saturated carbocycles. The van der Waals surface area contributed by atoms with E-state index in [9.17, 15) is 0 Å². The monoisotopic (exact) mass is 501 g/mol. The van der Waals surface area contributed by atoms with Crippen molar-refractivity contribution in [3.8, 4) is 0 Å². The van der Waals surface area contributed by atoms with Crippen LogP contribution in [0.5, 0.6) is 0 Å². The highest BCUT2D eigenvalue weighted by Gasteiger charge is 2.34. The minimum Gasteiger partial charge on any atom is -0.381 e. The van der Waals surface area contributed by atoms with Gasteiger partial charge in [-0.1, -0.05) is 78.3 Å². The van der Waals surface area contributed by atoms with Crippen molar-refractivity contribution < 1.29 is 0 Å². The predicted molar refractivity (Wildman–Crippen MR) is 160 cm³/mol. The smallest absolute Gasteiger partial charge is 0.0719 e. The van der Waals surface area contributed by atoms with E-state index in [4.69, 9.17) is 5.10 Å². The molecule has 5 heteroatoms. The summed E-state index contributed by atoms with van der Waals surface area (Å²) in [7, 11) is 0. The van der Waals surface area contributed by atoms with Crippen molar-refractivity contribution in [1.82, 2.24) is 15.5 Å². The summed E-state index contributed by atoms with van der Waals surface area (Å²) >= 11 is 0. The fourth-order valence-electron chi connectivity index (χ4n) is 5.28. The zero-order valence-electron chi connectivity index (χ0n) is 23.9. The Morgan fingerprint density at radius 3 is 2.16 bits per heavy atom. The highest BCUT2D eigenvalue weighted by atomic mass is 15.5. The second-order valence-electron chi connectivity index (χ2n) is 11.3. The lowest BCUT2D eigenvalue weighted by atomic mass is 9.91.